The molecule has 1 unspecified atom stereocenters. The van der Waals surface area contributed by atoms with E-state index < -0.39 is 10.6 Å². The molecular weight excluding hydrogens is 345 g/mol. The second kappa shape index (κ2) is 6.46. The zero-order valence-electron chi connectivity index (χ0n) is 10.7. The molecule has 0 aliphatic rings. The highest BCUT2D eigenvalue weighted by Gasteiger charge is 2.12. The van der Waals surface area contributed by atoms with Crippen LogP contribution in [-0.2, 0) is 11.2 Å². The van der Waals surface area contributed by atoms with Gasteiger partial charge in [0, 0.05) is 5.56 Å². The van der Waals surface area contributed by atoms with Gasteiger partial charge in [-0.2, -0.15) is 0 Å². The van der Waals surface area contributed by atoms with Gasteiger partial charge in [-0.15, -0.1) is 0 Å². The first-order chi connectivity index (χ1) is 9.55. The average Bonchev–Trinajstić information content (AvgIpc) is 2.48. The third-order valence-corrected chi connectivity index (χ3v) is 3.91. The Kier molecular flexibility index (Phi) is 4.89. The maximum absolute atomic E-state index is 13.2. The summed E-state index contributed by atoms with van der Waals surface area (Å²) >= 11 is 9.06. The lowest BCUT2D eigenvalue weighted by Crippen LogP contribution is -1.99. The van der Waals surface area contributed by atoms with E-state index in [9.17, 15) is 9.18 Å². The number of aldehydes is 1. The zero-order chi connectivity index (χ0) is 14.7. The Hall–Kier alpha value is -1.26. The minimum Gasteiger partial charge on any atom is -0.302 e. The predicted molar refractivity (Wildman–Crippen MR) is 81.8 cm³/mol. The van der Waals surface area contributed by atoms with E-state index in [0.29, 0.717) is 11.4 Å². The maximum Gasteiger partial charge on any atom is 0.141 e. The molecular formula is C15H12BrClFNO. The summed E-state index contributed by atoms with van der Waals surface area (Å²) in [6.45, 7) is 2.02. The Labute approximate surface area is 130 Å². The van der Waals surface area contributed by atoms with Gasteiger partial charge in [0.2, 0.25) is 0 Å². The molecule has 1 aromatic carbocycles. The number of carbonyl (C=O) groups excluding carboxylic acids is 1. The molecule has 1 heterocycles. The lowest BCUT2D eigenvalue weighted by Gasteiger charge is -2.09. The van der Waals surface area contributed by atoms with Crippen LogP contribution in [0.25, 0.3) is 11.3 Å². The number of alkyl halides is 1. The fraction of sp³-hybridized carbons (Fsp3) is 0.200. The largest absolute Gasteiger partial charge is 0.302 e. The first-order valence-electron chi connectivity index (χ1n) is 6.10. The highest BCUT2D eigenvalue weighted by molar-refractivity contribution is 9.09. The van der Waals surface area contributed by atoms with Crippen LogP contribution in [0.15, 0.2) is 30.3 Å². The quantitative estimate of drug-likeness (QED) is 0.585. The van der Waals surface area contributed by atoms with E-state index in [4.69, 9.17) is 11.6 Å². The molecule has 0 aliphatic carbocycles. The van der Waals surface area contributed by atoms with Crippen molar-refractivity contribution in [2.24, 2.45) is 0 Å². The number of benzene rings is 1. The predicted octanol–water partition coefficient (Wildman–Crippen LogP) is 4.74. The van der Waals surface area contributed by atoms with Crippen molar-refractivity contribution in [1.82, 2.24) is 4.98 Å². The van der Waals surface area contributed by atoms with Crippen molar-refractivity contribution in [2.45, 2.75) is 18.2 Å². The van der Waals surface area contributed by atoms with Crippen molar-refractivity contribution in [2.75, 3.05) is 0 Å². The smallest absolute Gasteiger partial charge is 0.141 e. The van der Waals surface area contributed by atoms with Crippen LogP contribution in [0.3, 0.4) is 0 Å². The van der Waals surface area contributed by atoms with Gasteiger partial charge in [0.25, 0.3) is 0 Å². The monoisotopic (exact) mass is 355 g/mol. The summed E-state index contributed by atoms with van der Waals surface area (Å²) in [4.78, 5) is 14.9. The molecule has 5 heteroatoms. The zero-order valence-corrected chi connectivity index (χ0v) is 13.1. The van der Waals surface area contributed by atoms with E-state index in [0.717, 1.165) is 23.8 Å². The van der Waals surface area contributed by atoms with E-state index in [2.05, 4.69) is 20.9 Å². The summed E-state index contributed by atoms with van der Waals surface area (Å²) < 4.78 is 13.2. The number of carbonyl (C=O) groups is 1. The SMILES string of the molecule is CCc1cc(-c2ccc(F)c(Cl)c2)nc(C(Br)C=O)c1. The molecule has 20 heavy (non-hydrogen) atoms. The molecule has 1 aromatic heterocycles. The molecule has 0 N–H and O–H groups in total. The minimum atomic E-state index is -0.464. The van der Waals surface area contributed by atoms with E-state index in [1.807, 2.05) is 19.1 Å². The van der Waals surface area contributed by atoms with Gasteiger partial charge >= 0.3 is 0 Å². The minimum absolute atomic E-state index is 0.0542. The number of rotatable bonds is 4. The van der Waals surface area contributed by atoms with Crippen LogP contribution < -0.4 is 0 Å². The summed E-state index contributed by atoms with van der Waals surface area (Å²) in [6.07, 6.45) is 1.60. The first-order valence-corrected chi connectivity index (χ1v) is 7.40. The third-order valence-electron chi connectivity index (χ3n) is 2.93. The lowest BCUT2D eigenvalue weighted by molar-refractivity contribution is -0.107. The van der Waals surface area contributed by atoms with Crippen molar-refractivity contribution in [3.05, 3.63) is 52.4 Å². The molecule has 0 saturated carbocycles. The highest BCUT2D eigenvalue weighted by atomic mass is 79.9. The van der Waals surface area contributed by atoms with E-state index in [1.165, 1.54) is 12.1 Å². The van der Waals surface area contributed by atoms with Crippen molar-refractivity contribution >= 4 is 33.8 Å². The normalized spacial score (nSPS) is 12.2. The highest BCUT2D eigenvalue weighted by Crippen LogP contribution is 2.27. The van der Waals surface area contributed by atoms with Crippen LogP contribution >= 0.6 is 27.5 Å². The summed E-state index contributed by atoms with van der Waals surface area (Å²) in [6, 6.07) is 8.26. The van der Waals surface area contributed by atoms with Gasteiger partial charge in [-0.3, -0.25) is 4.98 Å². The molecule has 104 valence electrons. The number of pyridine rings is 1. The van der Waals surface area contributed by atoms with E-state index in [1.54, 1.807) is 6.07 Å². The fourth-order valence-electron chi connectivity index (χ4n) is 1.83. The number of halogens is 3. The van der Waals surface area contributed by atoms with Crippen LogP contribution in [0, 0.1) is 5.82 Å². The van der Waals surface area contributed by atoms with Crippen molar-refractivity contribution in [3.63, 3.8) is 0 Å². The number of aromatic nitrogens is 1. The van der Waals surface area contributed by atoms with Gasteiger partial charge in [0.15, 0.2) is 0 Å². The Morgan fingerprint density at radius 1 is 1.40 bits per heavy atom. The Morgan fingerprint density at radius 2 is 2.15 bits per heavy atom. The van der Waals surface area contributed by atoms with Crippen LogP contribution in [0.5, 0.6) is 0 Å². The average molecular weight is 357 g/mol. The molecule has 0 amide bonds. The van der Waals surface area contributed by atoms with Gasteiger partial charge in [0.05, 0.1) is 16.4 Å². The van der Waals surface area contributed by atoms with Crippen molar-refractivity contribution < 1.29 is 9.18 Å². The molecule has 0 saturated heterocycles. The summed E-state index contributed by atoms with van der Waals surface area (Å²) in [7, 11) is 0. The Balaban J connectivity index is 2.54. The van der Waals surface area contributed by atoms with Crippen LogP contribution in [0.1, 0.15) is 23.0 Å². The second-order valence-electron chi connectivity index (χ2n) is 4.31. The Bertz CT molecular complexity index is 648. The number of nitrogens with zero attached hydrogens (tertiary/aromatic N) is 1. The summed E-state index contributed by atoms with van der Waals surface area (Å²) in [5, 5.41) is 0.0542. The van der Waals surface area contributed by atoms with Crippen LogP contribution in [0.4, 0.5) is 4.39 Å². The summed E-state index contributed by atoms with van der Waals surface area (Å²) in [5.74, 6) is -0.464. The molecule has 2 aromatic rings. The van der Waals surface area contributed by atoms with E-state index in [-0.39, 0.29) is 5.02 Å². The van der Waals surface area contributed by atoms with Gasteiger partial charge in [-0.25, -0.2) is 4.39 Å². The van der Waals surface area contributed by atoms with Crippen LogP contribution in [0.2, 0.25) is 5.02 Å². The Morgan fingerprint density at radius 3 is 2.75 bits per heavy atom. The second-order valence-corrected chi connectivity index (χ2v) is 5.70. The molecule has 1 atom stereocenters. The number of aryl methyl sites for hydroxylation is 1. The third kappa shape index (κ3) is 3.25. The molecule has 0 bridgehead atoms. The van der Waals surface area contributed by atoms with Gasteiger partial charge in [-0.05, 0) is 42.3 Å². The standard InChI is InChI=1S/C15H12BrClFNO/c1-2-9-5-14(19-15(6-9)11(16)8-20)10-3-4-13(18)12(17)7-10/h3-8,11H,2H2,1H3. The maximum atomic E-state index is 13.2. The fourth-order valence-corrected chi connectivity index (χ4v) is 2.24. The molecule has 0 fully saturated rings. The lowest BCUT2D eigenvalue weighted by atomic mass is 10.1. The molecule has 2 nitrogen and oxygen atoms in total. The molecule has 0 spiro atoms. The number of hydrogen-bond acceptors (Lipinski definition) is 2. The van der Waals surface area contributed by atoms with Gasteiger partial charge in [0.1, 0.15) is 16.9 Å². The van der Waals surface area contributed by atoms with Crippen molar-refractivity contribution in [3.8, 4) is 11.3 Å². The molecule has 2 rings (SSSR count). The van der Waals surface area contributed by atoms with Crippen LogP contribution in [-0.4, -0.2) is 11.3 Å². The molecule has 0 aliphatic heterocycles. The van der Waals surface area contributed by atoms with Gasteiger partial charge in [-0.1, -0.05) is 34.5 Å². The topological polar surface area (TPSA) is 30.0 Å². The van der Waals surface area contributed by atoms with Crippen molar-refractivity contribution in [1.29, 1.82) is 0 Å². The van der Waals surface area contributed by atoms with E-state index >= 15 is 0 Å². The molecule has 0 radical (unpaired) electrons. The summed E-state index contributed by atoms with van der Waals surface area (Å²) in [5.41, 5.74) is 3.08. The number of hydrogen-bond donors (Lipinski definition) is 0. The first kappa shape index (κ1) is 15.1. The van der Waals surface area contributed by atoms with Gasteiger partial charge < -0.3 is 4.79 Å².